The van der Waals surface area contributed by atoms with Crippen LogP contribution in [-0.2, 0) is 17.7 Å². The van der Waals surface area contributed by atoms with Gasteiger partial charge in [-0.1, -0.05) is 13.3 Å². The van der Waals surface area contributed by atoms with Gasteiger partial charge in [0.25, 0.3) is 0 Å². The van der Waals surface area contributed by atoms with Crippen molar-refractivity contribution >= 4 is 38.4 Å². The number of nitrogens with one attached hydrogen (secondary N) is 2. The Hall–Kier alpha value is -1.74. The third-order valence-electron chi connectivity index (χ3n) is 8.20. The van der Waals surface area contributed by atoms with Crippen molar-refractivity contribution in [2.45, 2.75) is 90.6 Å². The van der Waals surface area contributed by atoms with Gasteiger partial charge in [0, 0.05) is 37.0 Å². The van der Waals surface area contributed by atoms with Crippen LogP contribution in [0.3, 0.4) is 0 Å². The zero-order valence-electron chi connectivity index (χ0n) is 24.2. The zero-order valence-corrected chi connectivity index (χ0v) is 25.1. The van der Waals surface area contributed by atoms with E-state index in [1.807, 2.05) is 11.3 Å². The predicted octanol–water partition coefficient (Wildman–Crippen LogP) is 6.02. The zero-order chi connectivity index (χ0) is 26.7. The molecule has 2 aliphatic heterocycles. The van der Waals surface area contributed by atoms with Crippen LogP contribution in [0.1, 0.15) is 82.8 Å². The highest BCUT2D eigenvalue weighted by atomic mass is 32.1. The Balaban J connectivity index is 1.56. The van der Waals surface area contributed by atoms with Gasteiger partial charge in [0.1, 0.15) is 11.3 Å². The average molecular weight is 541 g/mol. The number of hydrogen-bond donors (Lipinski definition) is 2. The monoisotopic (exact) mass is 540 g/mol. The minimum Gasteiger partial charge on any atom is -0.383 e. The molecule has 2 saturated heterocycles. The molecular weight excluding hydrogens is 492 g/mol. The number of ether oxygens (including phenoxy) is 1. The van der Waals surface area contributed by atoms with Crippen LogP contribution in [0.4, 0.5) is 5.82 Å². The lowest BCUT2D eigenvalue weighted by Crippen LogP contribution is -2.37. The number of unbranched alkanes of at least 4 members (excludes halogenated alkanes) is 1. The van der Waals surface area contributed by atoms with E-state index in [-0.39, 0.29) is 5.54 Å². The molecule has 0 aromatic carbocycles. The van der Waals surface area contributed by atoms with Crippen molar-refractivity contribution < 1.29 is 4.74 Å². The molecule has 8 heteroatoms. The van der Waals surface area contributed by atoms with Gasteiger partial charge in [-0.3, -0.25) is 0 Å². The Kier molecular flexibility index (Phi) is 8.92. The molecule has 0 aliphatic carbocycles. The second-order valence-corrected chi connectivity index (χ2v) is 13.5. The highest BCUT2D eigenvalue weighted by Gasteiger charge is 2.27. The standard InChI is InChI=1S/C30H48N6OS/c1-6-7-8-25-33-26-27(36(25)20-21-11-15-35(16-12-21)17-18-37-5)28-23(32-29(26)34-30(2,3)4)19-24(38-28)22-9-13-31-14-10-22/h19,21-22,31H,6-18,20H2,1-5H3,(H,32,34). The van der Waals surface area contributed by atoms with Crippen LogP contribution in [0, 0.1) is 5.92 Å². The molecule has 210 valence electrons. The maximum atomic E-state index is 5.33. The number of aromatic nitrogens is 3. The molecule has 2 N–H and O–H groups in total. The second-order valence-electron chi connectivity index (χ2n) is 12.4. The smallest absolute Gasteiger partial charge is 0.155 e. The van der Waals surface area contributed by atoms with Crippen molar-refractivity contribution in [3.8, 4) is 0 Å². The lowest BCUT2D eigenvalue weighted by Gasteiger charge is -2.32. The number of rotatable bonds is 10. The van der Waals surface area contributed by atoms with Crippen LogP contribution in [0.25, 0.3) is 21.3 Å². The average Bonchev–Trinajstić information content (AvgIpc) is 3.48. The van der Waals surface area contributed by atoms with Gasteiger partial charge >= 0.3 is 0 Å². The van der Waals surface area contributed by atoms with Crippen LogP contribution < -0.4 is 10.6 Å². The summed E-state index contributed by atoms with van der Waals surface area (Å²) in [6.45, 7) is 16.4. The number of methoxy groups -OCH3 is 1. The molecule has 0 radical (unpaired) electrons. The fourth-order valence-electron chi connectivity index (χ4n) is 6.06. The summed E-state index contributed by atoms with van der Waals surface area (Å²) in [5.74, 6) is 3.50. The summed E-state index contributed by atoms with van der Waals surface area (Å²) in [4.78, 5) is 14.6. The minimum absolute atomic E-state index is 0.0795. The summed E-state index contributed by atoms with van der Waals surface area (Å²) in [5, 5.41) is 7.25. The van der Waals surface area contributed by atoms with E-state index in [1.54, 1.807) is 7.11 Å². The second kappa shape index (κ2) is 12.2. The molecule has 38 heavy (non-hydrogen) atoms. The number of piperidine rings is 2. The largest absolute Gasteiger partial charge is 0.383 e. The van der Waals surface area contributed by atoms with E-state index < -0.39 is 0 Å². The van der Waals surface area contributed by atoms with Crippen molar-refractivity contribution in [1.29, 1.82) is 0 Å². The van der Waals surface area contributed by atoms with Crippen LogP contribution in [0.2, 0.25) is 0 Å². The Morgan fingerprint density at radius 1 is 1.13 bits per heavy atom. The molecule has 2 aliphatic rings. The SMILES string of the molecule is CCCCc1nc2c(NC(C)(C)C)nc3cc(C4CCNCC4)sc3c2n1CC1CCN(CCOC)CC1. The number of fused-ring (bicyclic) bond motifs is 3. The minimum atomic E-state index is -0.0795. The Morgan fingerprint density at radius 3 is 2.58 bits per heavy atom. The third kappa shape index (κ3) is 6.35. The van der Waals surface area contributed by atoms with Gasteiger partial charge in [0.05, 0.1) is 22.3 Å². The van der Waals surface area contributed by atoms with Gasteiger partial charge in [0.2, 0.25) is 0 Å². The summed E-state index contributed by atoms with van der Waals surface area (Å²) >= 11 is 1.98. The Bertz CT molecular complexity index is 1200. The fraction of sp³-hybridized carbons (Fsp3) is 0.733. The number of anilines is 1. The van der Waals surface area contributed by atoms with E-state index in [4.69, 9.17) is 14.7 Å². The number of nitrogens with zero attached hydrogens (tertiary/aromatic N) is 4. The number of aryl methyl sites for hydroxylation is 1. The van der Waals surface area contributed by atoms with Crippen molar-refractivity contribution in [2.24, 2.45) is 5.92 Å². The van der Waals surface area contributed by atoms with Crippen molar-refractivity contribution in [2.75, 3.05) is 51.8 Å². The van der Waals surface area contributed by atoms with Crippen LogP contribution in [0.5, 0.6) is 0 Å². The summed E-state index contributed by atoms with van der Waals surface area (Å²) in [5.41, 5.74) is 3.44. The highest BCUT2D eigenvalue weighted by molar-refractivity contribution is 7.20. The first kappa shape index (κ1) is 27.8. The van der Waals surface area contributed by atoms with Gasteiger partial charge in [-0.15, -0.1) is 11.3 Å². The molecule has 0 spiro atoms. The number of hydrogen-bond acceptors (Lipinski definition) is 7. The van der Waals surface area contributed by atoms with Gasteiger partial charge in [-0.25, -0.2) is 9.97 Å². The molecule has 3 aromatic heterocycles. The molecule has 0 bridgehead atoms. The number of imidazole rings is 1. The Labute approximate surface area is 232 Å². The third-order valence-corrected chi connectivity index (χ3v) is 9.49. The van der Waals surface area contributed by atoms with Crippen molar-refractivity contribution in [3.05, 3.63) is 16.8 Å². The normalized spacial score (nSPS) is 18.7. The molecule has 0 saturated carbocycles. The number of pyridine rings is 1. The van der Waals surface area contributed by atoms with E-state index in [9.17, 15) is 0 Å². The van der Waals surface area contributed by atoms with E-state index in [0.29, 0.717) is 11.8 Å². The molecule has 0 atom stereocenters. The van der Waals surface area contributed by atoms with E-state index in [0.717, 1.165) is 69.1 Å². The Morgan fingerprint density at radius 2 is 1.89 bits per heavy atom. The molecule has 0 unspecified atom stereocenters. The molecule has 2 fully saturated rings. The molecule has 3 aromatic rings. The van der Waals surface area contributed by atoms with Crippen LogP contribution >= 0.6 is 11.3 Å². The van der Waals surface area contributed by atoms with E-state index in [2.05, 4.69) is 53.9 Å². The van der Waals surface area contributed by atoms with Gasteiger partial charge in [0.15, 0.2) is 5.82 Å². The van der Waals surface area contributed by atoms with Gasteiger partial charge in [-0.2, -0.15) is 0 Å². The first-order valence-corrected chi connectivity index (χ1v) is 15.7. The first-order valence-electron chi connectivity index (χ1n) is 14.9. The predicted molar refractivity (Wildman–Crippen MR) is 161 cm³/mol. The highest BCUT2D eigenvalue weighted by Crippen LogP contribution is 2.41. The molecule has 5 rings (SSSR count). The fourth-order valence-corrected chi connectivity index (χ4v) is 7.39. The molecule has 7 nitrogen and oxygen atoms in total. The summed E-state index contributed by atoms with van der Waals surface area (Å²) in [6.07, 6.45) is 8.28. The lowest BCUT2D eigenvalue weighted by molar-refractivity contribution is 0.116. The molecule has 5 heterocycles. The first-order chi connectivity index (χ1) is 18.4. The van der Waals surface area contributed by atoms with Gasteiger partial charge < -0.3 is 24.8 Å². The van der Waals surface area contributed by atoms with Crippen LogP contribution in [-0.4, -0.2) is 71.4 Å². The van der Waals surface area contributed by atoms with E-state index in [1.165, 1.54) is 59.4 Å². The maximum Gasteiger partial charge on any atom is 0.155 e. The molecular formula is C30H48N6OS. The summed E-state index contributed by atoms with van der Waals surface area (Å²) in [7, 11) is 1.80. The maximum absolute atomic E-state index is 5.33. The van der Waals surface area contributed by atoms with Crippen molar-refractivity contribution in [3.63, 3.8) is 0 Å². The van der Waals surface area contributed by atoms with E-state index >= 15 is 0 Å². The lowest BCUT2D eigenvalue weighted by atomic mass is 9.96. The number of likely N-dealkylation sites (tertiary alicyclic amines) is 1. The quantitative estimate of drug-likeness (QED) is 0.328. The van der Waals surface area contributed by atoms with Crippen LogP contribution in [0.15, 0.2) is 6.07 Å². The van der Waals surface area contributed by atoms with Gasteiger partial charge in [-0.05, 0) is 97.0 Å². The topological polar surface area (TPSA) is 67.2 Å². The summed E-state index contributed by atoms with van der Waals surface area (Å²) < 4.78 is 9.27. The van der Waals surface area contributed by atoms with Crippen molar-refractivity contribution in [1.82, 2.24) is 24.8 Å². The summed E-state index contributed by atoms with van der Waals surface area (Å²) in [6, 6.07) is 2.39. The number of thiophene rings is 1. The molecule has 0 amide bonds.